The van der Waals surface area contributed by atoms with Crippen LogP contribution < -0.4 is 0 Å². The molecule has 4 amide bonds. The number of carbonyl (C=O) groups excluding carboxylic acids is 4. The number of hydrogen-bond acceptors (Lipinski definition) is 6. The Bertz CT molecular complexity index is 966. The Balaban J connectivity index is 1.57. The fourth-order valence-electron chi connectivity index (χ4n) is 5.03. The van der Waals surface area contributed by atoms with E-state index in [4.69, 9.17) is 0 Å². The molecule has 9 heteroatoms. The Hall–Kier alpha value is -3.07. The number of fused-ring (bicyclic) bond motifs is 1. The first-order valence-electron chi connectivity index (χ1n) is 11.0. The molecule has 4 rings (SSSR count). The van der Waals surface area contributed by atoms with Gasteiger partial charge in [0.1, 0.15) is 11.6 Å². The lowest BCUT2D eigenvalue weighted by Crippen LogP contribution is -2.61. The second-order valence-corrected chi connectivity index (χ2v) is 8.97. The third-order valence-electron chi connectivity index (χ3n) is 7.23. The van der Waals surface area contributed by atoms with Crippen molar-refractivity contribution in [1.82, 2.24) is 14.7 Å². The number of amides is 4. The maximum Gasteiger partial charge on any atom is 0.324 e. The zero-order valence-electron chi connectivity index (χ0n) is 18.2. The molecule has 3 aliphatic heterocycles. The van der Waals surface area contributed by atoms with Crippen molar-refractivity contribution in [1.29, 1.82) is 0 Å². The SMILES string of the molecule is CC(CN1C(=O)CCC(N2C(=O)c3ccccc3C2=O)C1=O)[C@@](C)(C(=O)O)N1CCCC1. The lowest BCUT2D eigenvalue weighted by Gasteiger charge is -2.42. The highest BCUT2D eigenvalue weighted by atomic mass is 16.4. The Morgan fingerprint density at radius 3 is 2.19 bits per heavy atom. The van der Waals surface area contributed by atoms with Crippen molar-refractivity contribution in [3.05, 3.63) is 35.4 Å². The number of likely N-dealkylation sites (tertiary alicyclic amines) is 2. The number of carboxylic acid groups (broad SMARTS) is 1. The Labute approximate surface area is 185 Å². The summed E-state index contributed by atoms with van der Waals surface area (Å²) >= 11 is 0. The van der Waals surface area contributed by atoms with Crippen LogP contribution in [0.15, 0.2) is 24.3 Å². The van der Waals surface area contributed by atoms with Crippen LogP contribution in [0.25, 0.3) is 0 Å². The zero-order chi connectivity index (χ0) is 23.2. The third kappa shape index (κ3) is 3.31. The zero-order valence-corrected chi connectivity index (χ0v) is 18.2. The first-order chi connectivity index (χ1) is 15.2. The number of piperidine rings is 1. The maximum atomic E-state index is 13.3. The van der Waals surface area contributed by atoms with Crippen LogP contribution in [-0.4, -0.2) is 80.6 Å². The minimum Gasteiger partial charge on any atom is -0.480 e. The Kier molecular flexibility index (Phi) is 5.62. The summed E-state index contributed by atoms with van der Waals surface area (Å²) in [5.74, 6) is -3.68. The number of carboxylic acids is 1. The van der Waals surface area contributed by atoms with Crippen molar-refractivity contribution >= 4 is 29.6 Å². The van der Waals surface area contributed by atoms with Crippen molar-refractivity contribution < 1.29 is 29.1 Å². The van der Waals surface area contributed by atoms with Gasteiger partial charge in [-0.25, -0.2) is 0 Å². The summed E-state index contributed by atoms with van der Waals surface area (Å²) in [4.78, 5) is 67.8. The van der Waals surface area contributed by atoms with Crippen LogP contribution >= 0.6 is 0 Å². The van der Waals surface area contributed by atoms with Gasteiger partial charge < -0.3 is 5.11 Å². The van der Waals surface area contributed by atoms with Gasteiger partial charge in [-0.3, -0.25) is 38.7 Å². The Morgan fingerprint density at radius 1 is 1.09 bits per heavy atom. The molecule has 2 fully saturated rings. The first-order valence-corrected chi connectivity index (χ1v) is 11.0. The highest BCUT2D eigenvalue weighted by molar-refractivity contribution is 6.23. The van der Waals surface area contributed by atoms with Gasteiger partial charge in [0.15, 0.2) is 0 Å². The first kappa shape index (κ1) is 22.1. The van der Waals surface area contributed by atoms with Gasteiger partial charge in [-0.1, -0.05) is 19.1 Å². The predicted molar refractivity (Wildman–Crippen MR) is 113 cm³/mol. The van der Waals surface area contributed by atoms with E-state index < -0.39 is 47.1 Å². The highest BCUT2D eigenvalue weighted by Crippen LogP contribution is 2.33. The van der Waals surface area contributed by atoms with E-state index in [1.165, 1.54) is 0 Å². The molecular weight excluding hydrogens is 414 g/mol. The lowest BCUT2D eigenvalue weighted by atomic mass is 9.84. The van der Waals surface area contributed by atoms with Crippen LogP contribution in [0.2, 0.25) is 0 Å². The van der Waals surface area contributed by atoms with Crippen molar-refractivity contribution in [2.75, 3.05) is 19.6 Å². The average molecular weight is 441 g/mol. The maximum absolute atomic E-state index is 13.3. The Morgan fingerprint density at radius 2 is 1.66 bits per heavy atom. The number of nitrogens with zero attached hydrogens (tertiary/aromatic N) is 3. The molecule has 0 bridgehead atoms. The highest BCUT2D eigenvalue weighted by Gasteiger charge is 2.50. The fraction of sp³-hybridized carbons (Fsp3) is 0.522. The van der Waals surface area contributed by atoms with Gasteiger partial charge in [-0.15, -0.1) is 0 Å². The largest absolute Gasteiger partial charge is 0.480 e. The number of imide groups is 2. The van der Waals surface area contributed by atoms with Crippen LogP contribution in [0.5, 0.6) is 0 Å². The molecule has 3 atom stereocenters. The standard InChI is InChI=1S/C23H27N3O6/c1-14(23(2,22(31)32)24-11-5-6-12-24)13-25-18(27)10-9-17(21(25)30)26-19(28)15-7-3-4-8-16(15)20(26)29/h3-4,7-8,14,17H,5-6,9-13H2,1-2H3,(H,31,32)/t14?,17?,23-/m0/s1. The molecule has 1 aromatic carbocycles. The molecule has 0 aliphatic carbocycles. The molecule has 1 N–H and O–H groups in total. The number of carbonyl (C=O) groups is 5. The van der Waals surface area contributed by atoms with E-state index in [1.807, 2.05) is 4.90 Å². The van der Waals surface area contributed by atoms with E-state index in [9.17, 15) is 29.1 Å². The van der Waals surface area contributed by atoms with Crippen molar-refractivity contribution in [2.24, 2.45) is 5.92 Å². The number of rotatable bonds is 6. The van der Waals surface area contributed by atoms with E-state index in [2.05, 4.69) is 0 Å². The predicted octanol–water partition coefficient (Wildman–Crippen LogP) is 1.38. The van der Waals surface area contributed by atoms with Crippen LogP contribution in [-0.2, 0) is 14.4 Å². The second kappa shape index (κ2) is 8.12. The van der Waals surface area contributed by atoms with E-state index in [1.54, 1.807) is 38.1 Å². The van der Waals surface area contributed by atoms with E-state index in [0.717, 1.165) is 22.6 Å². The van der Waals surface area contributed by atoms with E-state index in [-0.39, 0.29) is 30.5 Å². The average Bonchev–Trinajstić information content (AvgIpc) is 3.39. The van der Waals surface area contributed by atoms with Gasteiger partial charge >= 0.3 is 5.97 Å². The summed E-state index contributed by atoms with van der Waals surface area (Å²) in [5.41, 5.74) is -0.747. The number of aliphatic carboxylic acids is 1. The summed E-state index contributed by atoms with van der Waals surface area (Å²) in [6.07, 6.45) is 1.87. The molecule has 2 saturated heterocycles. The minimum absolute atomic E-state index is 0.00400. The quantitative estimate of drug-likeness (QED) is 0.663. The molecule has 2 unspecified atom stereocenters. The van der Waals surface area contributed by atoms with Gasteiger partial charge in [-0.05, 0) is 51.4 Å². The lowest BCUT2D eigenvalue weighted by molar-refractivity contribution is -0.159. The monoisotopic (exact) mass is 441 g/mol. The third-order valence-corrected chi connectivity index (χ3v) is 7.23. The molecule has 0 saturated carbocycles. The van der Waals surface area contributed by atoms with Crippen molar-refractivity contribution in [3.8, 4) is 0 Å². The molecule has 0 aromatic heterocycles. The molecule has 0 radical (unpaired) electrons. The van der Waals surface area contributed by atoms with Gasteiger partial charge in [0.2, 0.25) is 5.91 Å². The van der Waals surface area contributed by atoms with Crippen LogP contribution in [0.3, 0.4) is 0 Å². The smallest absolute Gasteiger partial charge is 0.324 e. The van der Waals surface area contributed by atoms with Gasteiger partial charge in [0, 0.05) is 18.9 Å². The van der Waals surface area contributed by atoms with Crippen molar-refractivity contribution in [2.45, 2.75) is 51.1 Å². The molecule has 0 spiro atoms. The van der Waals surface area contributed by atoms with Gasteiger partial charge in [0.25, 0.3) is 17.7 Å². The minimum atomic E-state index is -1.24. The van der Waals surface area contributed by atoms with E-state index in [0.29, 0.717) is 13.1 Å². The van der Waals surface area contributed by atoms with Crippen LogP contribution in [0, 0.1) is 5.92 Å². The summed E-state index contributed by atoms with van der Waals surface area (Å²) < 4.78 is 0. The summed E-state index contributed by atoms with van der Waals surface area (Å²) in [6, 6.07) is 5.32. The van der Waals surface area contributed by atoms with Gasteiger partial charge in [-0.2, -0.15) is 0 Å². The summed E-state index contributed by atoms with van der Waals surface area (Å²) in [6.45, 7) is 4.56. The van der Waals surface area contributed by atoms with E-state index >= 15 is 0 Å². The van der Waals surface area contributed by atoms with Crippen LogP contribution in [0.1, 0.15) is 60.2 Å². The number of hydrogen-bond donors (Lipinski definition) is 1. The molecule has 9 nitrogen and oxygen atoms in total. The molecule has 3 aliphatic rings. The van der Waals surface area contributed by atoms with Gasteiger partial charge in [0.05, 0.1) is 11.1 Å². The molecule has 170 valence electrons. The second-order valence-electron chi connectivity index (χ2n) is 8.97. The topological polar surface area (TPSA) is 115 Å². The molecular formula is C23H27N3O6. The number of benzene rings is 1. The molecule has 1 aromatic rings. The van der Waals surface area contributed by atoms with Crippen molar-refractivity contribution in [3.63, 3.8) is 0 Å². The fourth-order valence-corrected chi connectivity index (χ4v) is 5.03. The normalized spacial score (nSPS) is 24.6. The molecule has 32 heavy (non-hydrogen) atoms. The summed E-state index contributed by atoms with van der Waals surface area (Å²) in [7, 11) is 0. The van der Waals surface area contributed by atoms with Crippen LogP contribution in [0.4, 0.5) is 0 Å². The molecule has 3 heterocycles. The summed E-state index contributed by atoms with van der Waals surface area (Å²) in [5, 5.41) is 9.99.